The largest absolute Gasteiger partial charge is 0.333 e. The summed E-state index contributed by atoms with van der Waals surface area (Å²) in [5, 5.41) is 14.0. The van der Waals surface area contributed by atoms with E-state index in [1.54, 1.807) is 13.1 Å². The molecule has 3 aromatic rings. The van der Waals surface area contributed by atoms with E-state index in [9.17, 15) is 9.18 Å². The lowest BCUT2D eigenvalue weighted by molar-refractivity contribution is 0.157. The molecule has 152 valence electrons. The highest BCUT2D eigenvalue weighted by Gasteiger charge is 2.31. The van der Waals surface area contributed by atoms with Gasteiger partial charge in [0.25, 0.3) is 0 Å². The third kappa shape index (κ3) is 3.69. The SMILES string of the molecule is CCn1ccnc1C1CCCCN1C(=O)Nc1ccc(F)c(-n2nnnc2C)c1. The molecular weight excluding hydrogens is 375 g/mol. The number of urea groups is 1. The summed E-state index contributed by atoms with van der Waals surface area (Å²) in [6.07, 6.45) is 6.55. The van der Waals surface area contributed by atoms with Crippen molar-refractivity contribution in [1.29, 1.82) is 0 Å². The summed E-state index contributed by atoms with van der Waals surface area (Å²) in [4.78, 5) is 19.4. The van der Waals surface area contributed by atoms with Crippen LogP contribution in [0.2, 0.25) is 0 Å². The third-order valence-electron chi connectivity index (χ3n) is 5.20. The molecule has 1 fully saturated rings. The maximum absolute atomic E-state index is 14.3. The van der Waals surface area contributed by atoms with Crippen LogP contribution in [-0.4, -0.2) is 47.2 Å². The number of carbonyl (C=O) groups is 1. The summed E-state index contributed by atoms with van der Waals surface area (Å²) in [5.41, 5.74) is 0.659. The van der Waals surface area contributed by atoms with Gasteiger partial charge >= 0.3 is 6.03 Å². The number of nitrogens with zero attached hydrogens (tertiary/aromatic N) is 7. The monoisotopic (exact) mass is 398 g/mol. The van der Waals surface area contributed by atoms with Crippen LogP contribution in [0.5, 0.6) is 0 Å². The molecule has 1 saturated heterocycles. The van der Waals surface area contributed by atoms with E-state index in [4.69, 9.17) is 0 Å². The van der Waals surface area contributed by atoms with Crippen molar-refractivity contribution in [3.63, 3.8) is 0 Å². The van der Waals surface area contributed by atoms with Crippen molar-refractivity contribution < 1.29 is 9.18 Å². The Balaban J connectivity index is 1.57. The molecule has 1 atom stereocenters. The average Bonchev–Trinajstić information content (AvgIpc) is 3.38. The Bertz CT molecular complexity index is 1010. The molecule has 1 aromatic carbocycles. The molecule has 0 radical (unpaired) electrons. The molecule has 10 heteroatoms. The number of piperidine rings is 1. The van der Waals surface area contributed by atoms with Crippen molar-refractivity contribution in [3.05, 3.63) is 48.1 Å². The summed E-state index contributed by atoms with van der Waals surface area (Å²) in [5.74, 6) is 0.876. The first-order chi connectivity index (χ1) is 14.1. The third-order valence-corrected chi connectivity index (χ3v) is 5.20. The summed E-state index contributed by atoms with van der Waals surface area (Å²) < 4.78 is 17.6. The molecule has 9 nitrogen and oxygen atoms in total. The van der Waals surface area contributed by atoms with Crippen LogP contribution < -0.4 is 5.32 Å². The molecule has 0 bridgehead atoms. The zero-order valence-corrected chi connectivity index (χ0v) is 16.4. The van der Waals surface area contributed by atoms with Crippen LogP contribution in [0.1, 0.15) is 43.9 Å². The second-order valence-corrected chi connectivity index (χ2v) is 7.01. The Morgan fingerprint density at radius 2 is 2.21 bits per heavy atom. The van der Waals surface area contributed by atoms with Gasteiger partial charge in [0.15, 0.2) is 5.82 Å². The second kappa shape index (κ2) is 7.98. The van der Waals surface area contributed by atoms with Gasteiger partial charge in [0.05, 0.1) is 6.04 Å². The van der Waals surface area contributed by atoms with Gasteiger partial charge in [0.2, 0.25) is 0 Å². The quantitative estimate of drug-likeness (QED) is 0.729. The van der Waals surface area contributed by atoms with E-state index in [0.717, 1.165) is 31.6 Å². The molecule has 2 aromatic heterocycles. The van der Waals surface area contributed by atoms with Crippen LogP contribution in [0.15, 0.2) is 30.6 Å². The van der Waals surface area contributed by atoms with Gasteiger partial charge in [0, 0.05) is 31.2 Å². The molecule has 1 N–H and O–H groups in total. The molecule has 1 aliphatic heterocycles. The maximum Gasteiger partial charge on any atom is 0.322 e. The fraction of sp³-hybridized carbons (Fsp3) is 0.421. The topological polar surface area (TPSA) is 93.8 Å². The van der Waals surface area contributed by atoms with Crippen molar-refractivity contribution in [1.82, 2.24) is 34.7 Å². The molecule has 3 heterocycles. The van der Waals surface area contributed by atoms with Gasteiger partial charge in [-0.3, -0.25) is 0 Å². The standard InChI is InChI=1S/C19H23FN8O/c1-3-26-11-9-21-18(26)16-6-4-5-10-27(16)19(29)22-14-7-8-15(20)17(12-14)28-13(2)23-24-25-28/h7-9,11-12,16H,3-6,10H2,1-2H3,(H,22,29). The smallest absolute Gasteiger partial charge is 0.322 e. The summed E-state index contributed by atoms with van der Waals surface area (Å²) in [6.45, 7) is 5.18. The lowest BCUT2D eigenvalue weighted by Crippen LogP contribution is -2.42. The number of aryl methyl sites for hydroxylation is 2. The fourth-order valence-corrected chi connectivity index (χ4v) is 3.73. The van der Waals surface area contributed by atoms with Gasteiger partial charge in [-0.15, -0.1) is 5.10 Å². The van der Waals surface area contributed by atoms with E-state index in [-0.39, 0.29) is 17.8 Å². The van der Waals surface area contributed by atoms with Crippen molar-refractivity contribution >= 4 is 11.7 Å². The van der Waals surface area contributed by atoms with Crippen LogP contribution in [0, 0.1) is 12.7 Å². The number of nitrogens with one attached hydrogen (secondary N) is 1. The van der Waals surface area contributed by atoms with Gasteiger partial charge < -0.3 is 14.8 Å². The van der Waals surface area contributed by atoms with E-state index in [2.05, 4.69) is 37.3 Å². The van der Waals surface area contributed by atoms with E-state index in [0.29, 0.717) is 18.1 Å². The Morgan fingerprint density at radius 1 is 1.34 bits per heavy atom. The van der Waals surface area contributed by atoms with Gasteiger partial charge in [-0.25, -0.2) is 14.2 Å². The first kappa shape index (κ1) is 19.0. The number of hydrogen-bond acceptors (Lipinski definition) is 5. The van der Waals surface area contributed by atoms with E-state index < -0.39 is 5.82 Å². The zero-order valence-electron chi connectivity index (χ0n) is 16.4. The van der Waals surface area contributed by atoms with Crippen molar-refractivity contribution in [2.45, 2.75) is 45.7 Å². The highest BCUT2D eigenvalue weighted by molar-refractivity contribution is 5.90. The minimum absolute atomic E-state index is 0.0830. The van der Waals surface area contributed by atoms with Gasteiger partial charge in [-0.05, 0) is 61.7 Å². The molecule has 0 spiro atoms. The number of halogens is 1. The molecule has 1 unspecified atom stereocenters. The molecule has 0 aliphatic carbocycles. The Labute approximate surface area is 167 Å². The minimum atomic E-state index is -0.473. The van der Waals surface area contributed by atoms with Crippen LogP contribution in [0.3, 0.4) is 0 Å². The highest BCUT2D eigenvalue weighted by Crippen LogP contribution is 2.31. The number of likely N-dealkylation sites (tertiary alicyclic amines) is 1. The summed E-state index contributed by atoms with van der Waals surface area (Å²) >= 11 is 0. The van der Waals surface area contributed by atoms with Crippen LogP contribution in [0.4, 0.5) is 14.9 Å². The normalized spacial score (nSPS) is 16.8. The molecule has 1 aliphatic rings. The van der Waals surface area contributed by atoms with Crippen LogP contribution >= 0.6 is 0 Å². The van der Waals surface area contributed by atoms with Crippen LogP contribution in [0.25, 0.3) is 5.69 Å². The Morgan fingerprint density at radius 3 is 2.97 bits per heavy atom. The van der Waals surface area contributed by atoms with Crippen molar-refractivity contribution in [2.75, 3.05) is 11.9 Å². The predicted octanol–water partition coefficient (Wildman–Crippen LogP) is 3.09. The summed E-state index contributed by atoms with van der Waals surface area (Å²) in [7, 11) is 0. The Hall–Kier alpha value is -3.30. The number of amides is 2. The molecule has 4 rings (SSSR count). The van der Waals surface area contributed by atoms with E-state index in [1.807, 2.05) is 11.1 Å². The maximum atomic E-state index is 14.3. The minimum Gasteiger partial charge on any atom is -0.333 e. The fourth-order valence-electron chi connectivity index (χ4n) is 3.73. The molecular formula is C19H23FN8O. The Kier molecular flexibility index (Phi) is 5.24. The van der Waals surface area contributed by atoms with Gasteiger partial charge in [-0.1, -0.05) is 0 Å². The van der Waals surface area contributed by atoms with Gasteiger partial charge in [-0.2, -0.15) is 4.68 Å². The number of rotatable bonds is 4. The number of aromatic nitrogens is 6. The number of imidazole rings is 1. The first-order valence-electron chi connectivity index (χ1n) is 9.72. The van der Waals surface area contributed by atoms with E-state index in [1.165, 1.54) is 22.9 Å². The molecule has 0 saturated carbocycles. The number of hydrogen-bond donors (Lipinski definition) is 1. The second-order valence-electron chi connectivity index (χ2n) is 7.01. The molecule has 2 amide bonds. The average molecular weight is 398 g/mol. The number of benzene rings is 1. The highest BCUT2D eigenvalue weighted by atomic mass is 19.1. The zero-order chi connectivity index (χ0) is 20.4. The number of anilines is 1. The number of tetrazole rings is 1. The first-order valence-corrected chi connectivity index (χ1v) is 9.72. The van der Waals surface area contributed by atoms with Gasteiger partial charge in [0.1, 0.15) is 17.3 Å². The lowest BCUT2D eigenvalue weighted by atomic mass is 10.0. The van der Waals surface area contributed by atoms with Crippen LogP contribution in [-0.2, 0) is 6.54 Å². The molecule has 29 heavy (non-hydrogen) atoms. The number of carbonyl (C=O) groups excluding carboxylic acids is 1. The van der Waals surface area contributed by atoms with Crippen molar-refractivity contribution in [3.8, 4) is 5.69 Å². The van der Waals surface area contributed by atoms with Crippen molar-refractivity contribution in [2.24, 2.45) is 0 Å². The lowest BCUT2D eigenvalue weighted by Gasteiger charge is -2.35. The summed E-state index contributed by atoms with van der Waals surface area (Å²) in [6, 6.07) is 4.04. The van der Waals surface area contributed by atoms with E-state index >= 15 is 0 Å². The predicted molar refractivity (Wildman–Crippen MR) is 104 cm³/mol.